The van der Waals surface area contributed by atoms with Crippen LogP contribution in [0.5, 0.6) is 5.75 Å². The van der Waals surface area contributed by atoms with Gasteiger partial charge in [0.15, 0.2) is 0 Å². The van der Waals surface area contributed by atoms with Crippen molar-refractivity contribution in [2.24, 2.45) is 5.73 Å². The molecule has 0 saturated carbocycles. The molecule has 0 aromatic heterocycles. The van der Waals surface area contributed by atoms with Crippen LogP contribution in [0.2, 0.25) is 0 Å². The predicted octanol–water partition coefficient (Wildman–Crippen LogP) is 4.43. The van der Waals surface area contributed by atoms with Crippen LogP contribution < -0.4 is 10.5 Å². The fourth-order valence-electron chi connectivity index (χ4n) is 2.51. The molecule has 1 aliphatic heterocycles. The van der Waals surface area contributed by atoms with E-state index in [4.69, 9.17) is 10.5 Å². The molecule has 0 bridgehead atoms. The first-order valence-electron chi connectivity index (χ1n) is 6.61. The van der Waals surface area contributed by atoms with Crippen molar-refractivity contribution in [3.05, 3.63) is 61.1 Å². The summed E-state index contributed by atoms with van der Waals surface area (Å²) in [6.45, 7) is 0.821. The van der Waals surface area contributed by atoms with Gasteiger partial charge in [0.25, 0.3) is 0 Å². The number of hydrogen-bond acceptors (Lipinski definition) is 2. The Balaban J connectivity index is 1.97. The number of ether oxygens (including phenoxy) is 1. The third-order valence-electron chi connectivity index (χ3n) is 3.58. The molecule has 0 radical (unpaired) electrons. The molecule has 2 aromatic rings. The summed E-state index contributed by atoms with van der Waals surface area (Å²) in [6, 6.07) is 12.4. The summed E-state index contributed by atoms with van der Waals surface area (Å²) in [4.78, 5) is 0. The van der Waals surface area contributed by atoms with E-state index in [-0.39, 0.29) is 6.04 Å². The van der Waals surface area contributed by atoms with E-state index >= 15 is 0 Å². The summed E-state index contributed by atoms with van der Waals surface area (Å²) >= 11 is 5.86. The smallest absolute Gasteiger partial charge is 0.122 e. The Hall–Kier alpha value is -0.590. The van der Waals surface area contributed by atoms with Crippen molar-refractivity contribution in [1.82, 2.24) is 0 Å². The van der Waals surface area contributed by atoms with Crippen LogP contribution in [0.15, 0.2) is 40.9 Å². The maximum Gasteiger partial charge on any atom is 0.122 e. The quantitative estimate of drug-likeness (QED) is 0.697. The topological polar surface area (TPSA) is 35.2 Å². The van der Waals surface area contributed by atoms with Crippen molar-refractivity contribution in [1.29, 1.82) is 0 Å². The van der Waals surface area contributed by atoms with Crippen molar-refractivity contribution in [3.8, 4) is 5.75 Å². The Kier molecular flexibility index (Phi) is 4.33. The van der Waals surface area contributed by atoms with E-state index in [0.29, 0.717) is 0 Å². The van der Waals surface area contributed by atoms with Gasteiger partial charge in [-0.15, -0.1) is 0 Å². The molecule has 2 N–H and O–H groups in total. The molecule has 1 aliphatic rings. The second kappa shape index (κ2) is 6.03. The highest BCUT2D eigenvalue weighted by molar-refractivity contribution is 14.1. The molecule has 20 heavy (non-hydrogen) atoms. The molecule has 1 unspecified atom stereocenters. The van der Waals surface area contributed by atoms with E-state index in [9.17, 15) is 0 Å². The first-order valence-corrected chi connectivity index (χ1v) is 8.48. The number of halogens is 2. The third-order valence-corrected chi connectivity index (χ3v) is 5.06. The lowest BCUT2D eigenvalue weighted by atomic mass is 9.95. The monoisotopic (exact) mass is 443 g/mol. The SMILES string of the molecule is NC(c1ccc2c(c1)CCCO2)c1cc(Br)ccc1I. The Bertz CT molecular complexity index is 644. The minimum absolute atomic E-state index is 0.105. The highest BCUT2D eigenvalue weighted by Crippen LogP contribution is 2.31. The molecule has 3 rings (SSSR count). The Morgan fingerprint density at radius 3 is 2.90 bits per heavy atom. The maximum atomic E-state index is 6.45. The fourth-order valence-corrected chi connectivity index (χ4v) is 3.56. The molecule has 0 spiro atoms. The van der Waals surface area contributed by atoms with Gasteiger partial charge in [-0.3, -0.25) is 0 Å². The molecule has 0 fully saturated rings. The van der Waals surface area contributed by atoms with Gasteiger partial charge in [-0.1, -0.05) is 28.1 Å². The number of nitrogens with two attached hydrogens (primary N) is 1. The summed E-state index contributed by atoms with van der Waals surface area (Å²) in [7, 11) is 0. The lowest BCUT2D eigenvalue weighted by Crippen LogP contribution is -2.15. The maximum absolute atomic E-state index is 6.45. The van der Waals surface area contributed by atoms with E-state index in [0.717, 1.165) is 40.8 Å². The molecular weight excluding hydrogens is 429 g/mol. The van der Waals surface area contributed by atoms with Crippen LogP contribution >= 0.6 is 38.5 Å². The van der Waals surface area contributed by atoms with Crippen LogP contribution in [0.4, 0.5) is 0 Å². The predicted molar refractivity (Wildman–Crippen MR) is 93.1 cm³/mol. The van der Waals surface area contributed by atoms with Crippen LogP contribution in [0.3, 0.4) is 0 Å². The number of fused-ring (bicyclic) bond motifs is 1. The molecule has 4 heteroatoms. The molecule has 2 aromatic carbocycles. The van der Waals surface area contributed by atoms with Crippen LogP contribution in [-0.4, -0.2) is 6.61 Å². The largest absolute Gasteiger partial charge is 0.493 e. The summed E-state index contributed by atoms with van der Waals surface area (Å²) in [5.74, 6) is 1.01. The van der Waals surface area contributed by atoms with Gasteiger partial charge >= 0.3 is 0 Å². The van der Waals surface area contributed by atoms with E-state index in [1.165, 1.54) is 9.13 Å². The number of hydrogen-bond donors (Lipinski definition) is 1. The van der Waals surface area contributed by atoms with Gasteiger partial charge in [-0.2, -0.15) is 0 Å². The van der Waals surface area contributed by atoms with E-state index < -0.39 is 0 Å². The molecule has 104 valence electrons. The second-order valence-electron chi connectivity index (χ2n) is 4.96. The van der Waals surface area contributed by atoms with Crippen LogP contribution in [0, 0.1) is 3.57 Å². The number of aryl methyl sites for hydroxylation is 1. The van der Waals surface area contributed by atoms with E-state index in [2.05, 4.69) is 68.9 Å². The van der Waals surface area contributed by atoms with Crippen LogP contribution in [-0.2, 0) is 6.42 Å². The van der Waals surface area contributed by atoms with Crippen molar-refractivity contribution < 1.29 is 4.74 Å². The van der Waals surface area contributed by atoms with Crippen molar-refractivity contribution >= 4 is 38.5 Å². The Morgan fingerprint density at radius 2 is 2.05 bits per heavy atom. The van der Waals surface area contributed by atoms with Gasteiger partial charge in [0.2, 0.25) is 0 Å². The first-order chi connectivity index (χ1) is 9.65. The third kappa shape index (κ3) is 2.87. The van der Waals surface area contributed by atoms with Gasteiger partial charge in [0.1, 0.15) is 5.75 Å². The minimum atomic E-state index is -0.105. The van der Waals surface area contributed by atoms with Crippen molar-refractivity contribution in [3.63, 3.8) is 0 Å². The standard InChI is InChI=1S/C16H15BrINO/c17-12-4-5-14(18)13(9-12)16(19)11-3-6-15-10(8-11)2-1-7-20-15/h3-6,8-9,16H,1-2,7,19H2. The minimum Gasteiger partial charge on any atom is -0.493 e. The van der Waals surface area contributed by atoms with Gasteiger partial charge < -0.3 is 10.5 Å². The summed E-state index contributed by atoms with van der Waals surface area (Å²) in [5, 5.41) is 0. The second-order valence-corrected chi connectivity index (χ2v) is 7.04. The molecule has 0 aliphatic carbocycles. The highest BCUT2D eigenvalue weighted by atomic mass is 127. The molecular formula is C16H15BrINO. The summed E-state index contributed by atoms with van der Waals surface area (Å²) < 4.78 is 7.90. The highest BCUT2D eigenvalue weighted by Gasteiger charge is 2.16. The van der Waals surface area contributed by atoms with Gasteiger partial charge in [-0.25, -0.2) is 0 Å². The Morgan fingerprint density at radius 1 is 1.20 bits per heavy atom. The fraction of sp³-hybridized carbons (Fsp3) is 0.250. The van der Waals surface area contributed by atoms with Crippen molar-refractivity contribution in [2.45, 2.75) is 18.9 Å². The van der Waals surface area contributed by atoms with Gasteiger partial charge in [0.05, 0.1) is 12.6 Å². The molecule has 2 nitrogen and oxygen atoms in total. The van der Waals surface area contributed by atoms with Crippen LogP contribution in [0.25, 0.3) is 0 Å². The zero-order chi connectivity index (χ0) is 14.1. The zero-order valence-electron chi connectivity index (χ0n) is 10.9. The number of rotatable bonds is 2. The lowest BCUT2D eigenvalue weighted by molar-refractivity contribution is 0.288. The summed E-state index contributed by atoms with van der Waals surface area (Å²) in [6.07, 6.45) is 2.16. The van der Waals surface area contributed by atoms with Crippen LogP contribution in [0.1, 0.15) is 29.2 Å². The first kappa shape index (κ1) is 14.4. The average Bonchev–Trinajstić information content (AvgIpc) is 2.48. The number of benzene rings is 2. The Labute approximate surface area is 141 Å². The molecule has 1 atom stereocenters. The average molecular weight is 444 g/mol. The van der Waals surface area contributed by atoms with Crippen molar-refractivity contribution in [2.75, 3.05) is 6.61 Å². The molecule has 0 saturated heterocycles. The normalized spacial score (nSPS) is 15.3. The van der Waals surface area contributed by atoms with E-state index in [1.54, 1.807) is 0 Å². The summed E-state index contributed by atoms with van der Waals surface area (Å²) in [5.41, 5.74) is 10.0. The van der Waals surface area contributed by atoms with Gasteiger partial charge in [-0.05, 0) is 76.4 Å². The lowest BCUT2D eigenvalue weighted by Gasteiger charge is -2.20. The van der Waals surface area contributed by atoms with E-state index in [1.807, 2.05) is 6.07 Å². The zero-order valence-corrected chi connectivity index (χ0v) is 14.6. The molecule has 0 amide bonds. The molecule has 1 heterocycles. The van der Waals surface area contributed by atoms with Gasteiger partial charge in [0, 0.05) is 8.04 Å².